The van der Waals surface area contributed by atoms with Crippen molar-refractivity contribution in [3.05, 3.63) is 52.3 Å². The maximum atomic E-state index is 5.90. The fourth-order valence-electron chi connectivity index (χ4n) is 2.81. The average Bonchev–Trinajstić information content (AvgIpc) is 3.02. The number of nitrogens with zero attached hydrogens (tertiary/aromatic N) is 4. The number of ether oxygens (including phenoxy) is 1. The fraction of sp³-hybridized carbons (Fsp3) is 0.412. The fourth-order valence-corrected chi connectivity index (χ4v) is 3.26. The first kappa shape index (κ1) is 17.0. The molecule has 6 nitrogen and oxygen atoms in total. The molecule has 1 saturated heterocycles. The second-order valence-corrected chi connectivity index (χ2v) is 6.70. The van der Waals surface area contributed by atoms with Gasteiger partial charge in [0.15, 0.2) is 5.96 Å². The number of aliphatic imine (C=N–C) groups is 1. The Morgan fingerprint density at radius 2 is 2.38 bits per heavy atom. The third-order valence-corrected chi connectivity index (χ3v) is 4.51. The van der Waals surface area contributed by atoms with Gasteiger partial charge in [0, 0.05) is 43.4 Å². The van der Waals surface area contributed by atoms with Gasteiger partial charge in [-0.25, -0.2) is 0 Å². The molecule has 0 amide bonds. The lowest BCUT2D eigenvalue weighted by molar-refractivity contribution is -0.00805. The van der Waals surface area contributed by atoms with Gasteiger partial charge in [0.1, 0.15) is 6.10 Å². The SMILES string of the molecule is CN=C(NCc1cccc(Br)c1)N1CCOC(c2cnn(C)c2)C1. The molecule has 128 valence electrons. The van der Waals surface area contributed by atoms with Crippen LogP contribution in [-0.4, -0.2) is 47.4 Å². The highest BCUT2D eigenvalue weighted by Gasteiger charge is 2.25. The standard InChI is InChI=1S/C17H22BrN5O/c1-19-17(20-9-13-4-3-5-15(18)8-13)23-6-7-24-16(12-23)14-10-21-22(2)11-14/h3-5,8,10-11,16H,6-7,9,12H2,1-2H3,(H,19,20). The Hall–Kier alpha value is -1.86. The molecule has 0 saturated carbocycles. The highest BCUT2D eigenvalue weighted by atomic mass is 79.9. The molecule has 0 aliphatic carbocycles. The Balaban J connectivity index is 1.62. The molecule has 1 atom stereocenters. The predicted octanol–water partition coefficient (Wildman–Crippen LogP) is 2.33. The van der Waals surface area contributed by atoms with Gasteiger partial charge in [-0.05, 0) is 17.7 Å². The average molecular weight is 392 g/mol. The number of hydrogen-bond donors (Lipinski definition) is 1. The summed E-state index contributed by atoms with van der Waals surface area (Å²) in [5.74, 6) is 0.896. The highest BCUT2D eigenvalue weighted by Crippen LogP contribution is 2.21. The van der Waals surface area contributed by atoms with Gasteiger partial charge >= 0.3 is 0 Å². The van der Waals surface area contributed by atoms with Crippen LogP contribution in [0.3, 0.4) is 0 Å². The van der Waals surface area contributed by atoms with Crippen LogP contribution in [0.1, 0.15) is 17.2 Å². The van der Waals surface area contributed by atoms with E-state index in [1.807, 2.05) is 38.6 Å². The lowest BCUT2D eigenvalue weighted by Crippen LogP contribution is -2.47. The molecule has 3 rings (SSSR count). The van der Waals surface area contributed by atoms with Crippen LogP contribution in [0.25, 0.3) is 0 Å². The summed E-state index contributed by atoms with van der Waals surface area (Å²) in [7, 11) is 3.74. The van der Waals surface area contributed by atoms with Crippen molar-refractivity contribution in [2.75, 3.05) is 26.7 Å². The zero-order chi connectivity index (χ0) is 16.9. The van der Waals surface area contributed by atoms with E-state index in [2.05, 4.69) is 48.4 Å². The zero-order valence-corrected chi connectivity index (χ0v) is 15.5. The molecule has 1 aliphatic heterocycles. The summed E-state index contributed by atoms with van der Waals surface area (Å²) in [6, 6.07) is 8.27. The van der Waals surface area contributed by atoms with Crippen LogP contribution in [0.2, 0.25) is 0 Å². The van der Waals surface area contributed by atoms with E-state index in [-0.39, 0.29) is 6.10 Å². The number of benzene rings is 1. The number of aryl methyl sites for hydroxylation is 1. The van der Waals surface area contributed by atoms with Crippen LogP contribution in [-0.2, 0) is 18.3 Å². The second-order valence-electron chi connectivity index (χ2n) is 5.78. The minimum absolute atomic E-state index is 0.0249. The largest absolute Gasteiger partial charge is 0.370 e. The van der Waals surface area contributed by atoms with E-state index in [4.69, 9.17) is 4.74 Å². The van der Waals surface area contributed by atoms with Crippen molar-refractivity contribution in [3.63, 3.8) is 0 Å². The predicted molar refractivity (Wildman–Crippen MR) is 97.8 cm³/mol. The molecule has 0 spiro atoms. The monoisotopic (exact) mass is 391 g/mol. The van der Waals surface area contributed by atoms with E-state index in [1.165, 1.54) is 5.56 Å². The molecule has 2 heterocycles. The Morgan fingerprint density at radius 3 is 3.08 bits per heavy atom. The molecule has 7 heteroatoms. The molecular formula is C17H22BrN5O. The molecule has 1 fully saturated rings. The van der Waals surface area contributed by atoms with Crippen molar-refractivity contribution in [2.45, 2.75) is 12.6 Å². The Bertz CT molecular complexity index is 715. The Morgan fingerprint density at radius 1 is 1.50 bits per heavy atom. The van der Waals surface area contributed by atoms with Crippen molar-refractivity contribution in [1.82, 2.24) is 20.0 Å². The summed E-state index contributed by atoms with van der Waals surface area (Å²) in [6.45, 7) is 3.01. The smallest absolute Gasteiger partial charge is 0.194 e. The van der Waals surface area contributed by atoms with E-state index < -0.39 is 0 Å². The highest BCUT2D eigenvalue weighted by molar-refractivity contribution is 9.10. The number of guanidine groups is 1. The molecule has 1 aromatic carbocycles. The van der Waals surface area contributed by atoms with Crippen LogP contribution >= 0.6 is 15.9 Å². The topological polar surface area (TPSA) is 54.7 Å². The summed E-state index contributed by atoms with van der Waals surface area (Å²) in [5, 5.41) is 7.67. The van der Waals surface area contributed by atoms with E-state index in [9.17, 15) is 0 Å². The summed E-state index contributed by atoms with van der Waals surface area (Å²) >= 11 is 3.51. The quantitative estimate of drug-likeness (QED) is 0.644. The van der Waals surface area contributed by atoms with Crippen LogP contribution in [0, 0.1) is 0 Å². The van der Waals surface area contributed by atoms with E-state index in [1.54, 1.807) is 4.68 Å². The number of morpholine rings is 1. The zero-order valence-electron chi connectivity index (χ0n) is 13.9. The molecule has 1 aliphatic rings. The maximum Gasteiger partial charge on any atom is 0.194 e. The van der Waals surface area contributed by atoms with Crippen molar-refractivity contribution in [2.24, 2.45) is 12.0 Å². The number of nitrogens with one attached hydrogen (secondary N) is 1. The van der Waals surface area contributed by atoms with Crippen LogP contribution in [0.5, 0.6) is 0 Å². The van der Waals surface area contributed by atoms with Crippen molar-refractivity contribution >= 4 is 21.9 Å². The van der Waals surface area contributed by atoms with E-state index >= 15 is 0 Å². The third kappa shape index (κ3) is 4.15. The van der Waals surface area contributed by atoms with Gasteiger partial charge in [-0.3, -0.25) is 9.67 Å². The van der Waals surface area contributed by atoms with Crippen LogP contribution in [0.4, 0.5) is 0 Å². The van der Waals surface area contributed by atoms with Gasteiger partial charge in [0.25, 0.3) is 0 Å². The minimum Gasteiger partial charge on any atom is -0.370 e. The lowest BCUT2D eigenvalue weighted by Gasteiger charge is -2.34. The minimum atomic E-state index is 0.0249. The summed E-state index contributed by atoms with van der Waals surface area (Å²) in [6.07, 6.45) is 3.90. The number of rotatable bonds is 3. The molecule has 24 heavy (non-hydrogen) atoms. The Labute approximate surface area is 150 Å². The molecule has 0 radical (unpaired) electrons. The number of hydrogen-bond acceptors (Lipinski definition) is 3. The molecule has 2 aromatic rings. The van der Waals surface area contributed by atoms with E-state index in [0.717, 1.165) is 35.6 Å². The van der Waals surface area contributed by atoms with Gasteiger partial charge in [-0.15, -0.1) is 0 Å². The van der Waals surface area contributed by atoms with Gasteiger partial charge in [-0.2, -0.15) is 5.10 Å². The summed E-state index contributed by atoms with van der Waals surface area (Å²) in [4.78, 5) is 6.66. The van der Waals surface area contributed by atoms with Gasteiger partial charge in [0.05, 0.1) is 19.3 Å². The maximum absolute atomic E-state index is 5.90. The van der Waals surface area contributed by atoms with Gasteiger partial charge < -0.3 is 15.0 Å². The first-order valence-electron chi connectivity index (χ1n) is 7.96. The molecule has 0 bridgehead atoms. The molecule has 1 unspecified atom stereocenters. The first-order chi connectivity index (χ1) is 11.7. The summed E-state index contributed by atoms with van der Waals surface area (Å²) in [5.41, 5.74) is 2.31. The molecule has 1 N–H and O–H groups in total. The van der Waals surface area contributed by atoms with E-state index in [0.29, 0.717) is 6.61 Å². The van der Waals surface area contributed by atoms with Gasteiger partial charge in [0.2, 0.25) is 0 Å². The second kappa shape index (κ2) is 7.81. The van der Waals surface area contributed by atoms with Crippen molar-refractivity contribution in [1.29, 1.82) is 0 Å². The van der Waals surface area contributed by atoms with Gasteiger partial charge in [-0.1, -0.05) is 28.1 Å². The first-order valence-corrected chi connectivity index (χ1v) is 8.75. The Kier molecular flexibility index (Phi) is 5.52. The normalized spacial score (nSPS) is 18.7. The number of halogens is 1. The molecule has 1 aromatic heterocycles. The lowest BCUT2D eigenvalue weighted by atomic mass is 10.1. The van der Waals surface area contributed by atoms with Crippen LogP contribution in [0.15, 0.2) is 46.1 Å². The molecular weight excluding hydrogens is 370 g/mol. The third-order valence-electron chi connectivity index (χ3n) is 4.01. The number of aromatic nitrogens is 2. The summed E-state index contributed by atoms with van der Waals surface area (Å²) < 4.78 is 8.78. The van der Waals surface area contributed by atoms with Crippen molar-refractivity contribution < 1.29 is 4.74 Å². The van der Waals surface area contributed by atoms with Crippen molar-refractivity contribution in [3.8, 4) is 0 Å². The van der Waals surface area contributed by atoms with Crippen LogP contribution < -0.4 is 5.32 Å².